The van der Waals surface area contributed by atoms with Crippen molar-refractivity contribution in [3.63, 3.8) is 0 Å². The molecule has 0 aromatic carbocycles. The summed E-state index contributed by atoms with van der Waals surface area (Å²) in [5.41, 5.74) is 0.990. The number of halogens is 3. The first-order chi connectivity index (χ1) is 13.2. The summed E-state index contributed by atoms with van der Waals surface area (Å²) in [6, 6.07) is 3.59. The average Bonchev–Trinajstić information content (AvgIpc) is 2.99. The van der Waals surface area contributed by atoms with Crippen molar-refractivity contribution in [2.24, 2.45) is 5.41 Å². The predicted octanol–water partition coefficient (Wildman–Crippen LogP) is 3.85. The molecule has 2 aliphatic rings. The predicted molar refractivity (Wildman–Crippen MR) is 97.6 cm³/mol. The molecule has 28 heavy (non-hydrogen) atoms. The highest BCUT2D eigenvalue weighted by molar-refractivity contribution is 7.18. The molecule has 10 heteroatoms. The zero-order valence-corrected chi connectivity index (χ0v) is 15.6. The molecule has 4 rings (SSSR count). The van der Waals surface area contributed by atoms with E-state index in [2.05, 4.69) is 11.1 Å². The zero-order valence-electron chi connectivity index (χ0n) is 14.8. The fourth-order valence-electron chi connectivity index (χ4n) is 4.14. The van der Waals surface area contributed by atoms with Gasteiger partial charge in [-0.25, -0.2) is 9.78 Å². The van der Waals surface area contributed by atoms with Gasteiger partial charge in [0.15, 0.2) is 0 Å². The third-order valence-corrected chi connectivity index (χ3v) is 6.59. The molecule has 0 bridgehead atoms. The second-order valence-corrected chi connectivity index (χ2v) is 8.60. The van der Waals surface area contributed by atoms with Crippen molar-refractivity contribution in [3.05, 3.63) is 22.7 Å². The van der Waals surface area contributed by atoms with Crippen LogP contribution in [-0.2, 0) is 6.42 Å². The largest absolute Gasteiger partial charge is 0.465 e. The van der Waals surface area contributed by atoms with Gasteiger partial charge in [-0.1, -0.05) is 0 Å². The number of carboxylic acid groups (broad SMARTS) is 1. The molecule has 2 aromatic rings. The number of hydrogen-bond acceptors (Lipinski definition) is 5. The second-order valence-electron chi connectivity index (χ2n) is 7.48. The Morgan fingerprint density at radius 3 is 2.61 bits per heavy atom. The van der Waals surface area contributed by atoms with Crippen LogP contribution < -0.4 is 4.90 Å². The Morgan fingerprint density at radius 1 is 1.36 bits per heavy atom. The second kappa shape index (κ2) is 6.51. The fourth-order valence-corrected chi connectivity index (χ4v) is 5.18. The van der Waals surface area contributed by atoms with E-state index in [4.69, 9.17) is 5.11 Å². The van der Waals surface area contributed by atoms with E-state index in [0.29, 0.717) is 47.6 Å². The lowest BCUT2D eigenvalue weighted by Crippen LogP contribution is -2.61. The Balaban J connectivity index is 1.59. The molecule has 4 heterocycles. The number of alkyl halides is 3. The van der Waals surface area contributed by atoms with E-state index >= 15 is 0 Å². The van der Waals surface area contributed by atoms with Crippen molar-refractivity contribution in [3.8, 4) is 6.07 Å². The summed E-state index contributed by atoms with van der Waals surface area (Å²) in [5.74, 6) is 0. The van der Waals surface area contributed by atoms with Crippen LogP contribution in [-0.4, -0.2) is 53.4 Å². The van der Waals surface area contributed by atoms with E-state index in [9.17, 15) is 23.2 Å². The number of likely N-dealkylation sites (tertiary alicyclic amines) is 1. The van der Waals surface area contributed by atoms with Crippen LogP contribution in [0.3, 0.4) is 0 Å². The van der Waals surface area contributed by atoms with Crippen molar-refractivity contribution >= 4 is 33.3 Å². The molecule has 0 radical (unpaired) electrons. The molecule has 2 fully saturated rings. The molecule has 1 spiro atoms. The van der Waals surface area contributed by atoms with Gasteiger partial charge in [0, 0.05) is 48.1 Å². The normalized spacial score (nSPS) is 18.9. The van der Waals surface area contributed by atoms with Gasteiger partial charge in [0.1, 0.15) is 10.9 Å². The molecule has 0 saturated carbocycles. The summed E-state index contributed by atoms with van der Waals surface area (Å²) in [6.45, 7) is 2.29. The maximum absolute atomic E-state index is 12.8. The molecule has 6 nitrogen and oxygen atoms in total. The minimum atomic E-state index is -4.29. The van der Waals surface area contributed by atoms with Gasteiger partial charge in [-0.2, -0.15) is 18.4 Å². The highest BCUT2D eigenvalue weighted by atomic mass is 32.1. The molecule has 2 aliphatic heterocycles. The van der Waals surface area contributed by atoms with E-state index in [-0.39, 0.29) is 10.3 Å². The number of aromatic nitrogens is 1. The molecule has 1 amide bonds. The number of rotatable bonds is 2. The van der Waals surface area contributed by atoms with Gasteiger partial charge in [0.05, 0.1) is 17.7 Å². The number of carbonyl (C=O) groups is 1. The topological polar surface area (TPSA) is 80.5 Å². The van der Waals surface area contributed by atoms with E-state index in [1.807, 2.05) is 4.90 Å². The van der Waals surface area contributed by atoms with Gasteiger partial charge < -0.3 is 14.9 Å². The van der Waals surface area contributed by atoms with E-state index in [1.54, 1.807) is 0 Å². The lowest BCUT2D eigenvalue weighted by atomic mass is 9.71. The summed E-state index contributed by atoms with van der Waals surface area (Å²) < 4.78 is 38.3. The van der Waals surface area contributed by atoms with Crippen molar-refractivity contribution in [1.29, 1.82) is 5.26 Å². The smallest absolute Gasteiger partial charge is 0.407 e. The van der Waals surface area contributed by atoms with Crippen molar-refractivity contribution in [1.82, 2.24) is 9.88 Å². The third kappa shape index (κ3) is 3.35. The summed E-state index contributed by atoms with van der Waals surface area (Å²) in [6.07, 6.45) is -3.31. The number of fused-ring (bicyclic) bond motifs is 1. The van der Waals surface area contributed by atoms with Crippen LogP contribution in [0, 0.1) is 16.7 Å². The van der Waals surface area contributed by atoms with E-state index in [0.717, 1.165) is 24.2 Å². The van der Waals surface area contributed by atoms with Crippen molar-refractivity contribution in [2.75, 3.05) is 31.1 Å². The van der Waals surface area contributed by atoms with Crippen LogP contribution in [0.2, 0.25) is 0 Å². The average molecular weight is 410 g/mol. The fraction of sp³-hybridized carbons (Fsp3) is 0.500. The maximum atomic E-state index is 12.8. The minimum absolute atomic E-state index is 0.000903. The molecular formula is C18H17F3N4O2S. The van der Waals surface area contributed by atoms with Crippen LogP contribution >= 0.6 is 11.3 Å². The number of nitriles is 1. The highest BCUT2D eigenvalue weighted by Gasteiger charge is 2.46. The zero-order chi connectivity index (χ0) is 20.1. The number of hydrogen-bond donors (Lipinski definition) is 1. The van der Waals surface area contributed by atoms with Crippen LogP contribution in [0.4, 0.5) is 23.7 Å². The van der Waals surface area contributed by atoms with Crippen LogP contribution in [0.15, 0.2) is 12.3 Å². The quantitative estimate of drug-likeness (QED) is 0.813. The minimum Gasteiger partial charge on any atom is -0.465 e. The van der Waals surface area contributed by atoms with Crippen LogP contribution in [0.25, 0.3) is 10.2 Å². The maximum Gasteiger partial charge on any atom is 0.407 e. The first-order valence-corrected chi connectivity index (χ1v) is 9.62. The molecule has 1 N–H and O–H groups in total. The molecule has 2 aromatic heterocycles. The van der Waals surface area contributed by atoms with Gasteiger partial charge in [0.25, 0.3) is 0 Å². The lowest BCUT2D eigenvalue weighted by Gasteiger charge is -2.55. The molecule has 0 aliphatic carbocycles. The number of pyridine rings is 1. The van der Waals surface area contributed by atoms with Crippen LogP contribution in [0.5, 0.6) is 0 Å². The van der Waals surface area contributed by atoms with Gasteiger partial charge in [-0.05, 0) is 18.9 Å². The Kier molecular flexibility index (Phi) is 4.38. The van der Waals surface area contributed by atoms with Gasteiger partial charge >= 0.3 is 12.3 Å². The Labute approximate surface area is 162 Å². The standard InChI is InChI=1S/C18H17F3N4O2S/c19-18(20,21)6-12-5-13-14(11(7-22)8-23-15(13)28-12)25-9-17(10-25)1-3-24(4-2-17)16(26)27/h5,8H,1-4,6,9-10H2,(H,26,27). The van der Waals surface area contributed by atoms with E-state index in [1.165, 1.54) is 17.2 Å². The van der Waals surface area contributed by atoms with Crippen LogP contribution in [0.1, 0.15) is 23.3 Å². The lowest BCUT2D eigenvalue weighted by molar-refractivity contribution is -0.126. The molecule has 0 atom stereocenters. The molecule has 0 unspecified atom stereocenters. The number of amides is 1. The summed E-state index contributed by atoms with van der Waals surface area (Å²) in [7, 11) is 0. The summed E-state index contributed by atoms with van der Waals surface area (Å²) >= 11 is 1.00. The summed E-state index contributed by atoms with van der Waals surface area (Å²) in [4.78, 5) is 19.3. The Morgan fingerprint density at radius 2 is 2.04 bits per heavy atom. The summed E-state index contributed by atoms with van der Waals surface area (Å²) in [5, 5.41) is 19.1. The number of nitrogens with zero attached hydrogens (tertiary/aromatic N) is 4. The monoisotopic (exact) mass is 410 g/mol. The molecule has 2 saturated heterocycles. The molecular weight excluding hydrogens is 393 g/mol. The van der Waals surface area contributed by atoms with Gasteiger partial charge in [-0.15, -0.1) is 11.3 Å². The molecule has 148 valence electrons. The Bertz CT molecular complexity index is 966. The number of anilines is 1. The number of piperidine rings is 1. The van der Waals surface area contributed by atoms with Crippen molar-refractivity contribution < 1.29 is 23.1 Å². The number of thiophene rings is 1. The Hall–Kier alpha value is -2.54. The first-order valence-electron chi connectivity index (χ1n) is 8.81. The van der Waals surface area contributed by atoms with Crippen molar-refractivity contribution in [2.45, 2.75) is 25.4 Å². The first kappa shape index (κ1) is 18.8. The van der Waals surface area contributed by atoms with Gasteiger partial charge in [0.2, 0.25) is 0 Å². The third-order valence-electron chi connectivity index (χ3n) is 5.54. The highest BCUT2D eigenvalue weighted by Crippen LogP contribution is 2.46. The van der Waals surface area contributed by atoms with E-state index < -0.39 is 18.7 Å². The SMILES string of the molecule is N#Cc1cnc2sc(CC(F)(F)F)cc2c1N1CC2(CCN(C(=O)O)CC2)C1. The van der Waals surface area contributed by atoms with Gasteiger partial charge in [-0.3, -0.25) is 0 Å².